The van der Waals surface area contributed by atoms with E-state index in [1.165, 1.54) is 0 Å². The van der Waals surface area contributed by atoms with Gasteiger partial charge in [0.25, 0.3) is 0 Å². The molecule has 0 spiro atoms. The Kier molecular flexibility index (Phi) is 4.29. The highest BCUT2D eigenvalue weighted by atomic mass is 35.5. The molecule has 0 aliphatic rings. The minimum absolute atomic E-state index is 0. The Labute approximate surface area is 88.5 Å². The largest absolute Gasteiger partial charge is 0.468 e. The molecule has 3 nitrogen and oxygen atoms in total. The molecule has 0 atom stereocenters. The quantitative estimate of drug-likeness (QED) is 0.849. The molecule has 14 heavy (non-hydrogen) atoms. The zero-order valence-electron chi connectivity index (χ0n) is 7.60. The zero-order valence-corrected chi connectivity index (χ0v) is 8.42. The van der Waals surface area contributed by atoms with E-state index in [4.69, 9.17) is 8.83 Å². The molecule has 2 aromatic heterocycles. The Morgan fingerprint density at radius 1 is 0.929 bits per heavy atom. The van der Waals surface area contributed by atoms with E-state index in [2.05, 4.69) is 5.32 Å². The molecule has 0 aromatic carbocycles. The lowest BCUT2D eigenvalue weighted by molar-refractivity contribution is 0.451. The highest BCUT2D eigenvalue weighted by molar-refractivity contribution is 5.85. The first kappa shape index (κ1) is 10.9. The molecule has 0 saturated carbocycles. The first-order valence-electron chi connectivity index (χ1n) is 4.20. The lowest BCUT2D eigenvalue weighted by Gasteiger charge is -1.98. The molecule has 0 radical (unpaired) electrons. The third kappa shape index (κ3) is 2.94. The predicted molar refractivity (Wildman–Crippen MR) is 55.2 cm³/mol. The molecule has 0 unspecified atom stereocenters. The number of hydrogen-bond acceptors (Lipinski definition) is 3. The molecule has 2 aromatic rings. The maximum Gasteiger partial charge on any atom is 0.117 e. The smallest absolute Gasteiger partial charge is 0.117 e. The SMILES string of the molecule is Cl.c1coc(CNCc2ccco2)c1. The molecule has 0 fully saturated rings. The summed E-state index contributed by atoms with van der Waals surface area (Å²) in [6.07, 6.45) is 3.34. The van der Waals surface area contributed by atoms with Crippen LogP contribution in [0.4, 0.5) is 0 Å². The van der Waals surface area contributed by atoms with Crippen LogP contribution in [0.2, 0.25) is 0 Å². The maximum absolute atomic E-state index is 5.16. The van der Waals surface area contributed by atoms with Crippen LogP contribution in [0.15, 0.2) is 45.6 Å². The number of nitrogens with one attached hydrogen (secondary N) is 1. The van der Waals surface area contributed by atoms with Crippen LogP contribution >= 0.6 is 12.4 Å². The van der Waals surface area contributed by atoms with Crippen molar-refractivity contribution in [1.82, 2.24) is 5.32 Å². The van der Waals surface area contributed by atoms with Gasteiger partial charge in [0.1, 0.15) is 11.5 Å². The molecule has 4 heteroatoms. The van der Waals surface area contributed by atoms with Crippen LogP contribution in [0.5, 0.6) is 0 Å². The van der Waals surface area contributed by atoms with Gasteiger partial charge in [-0.05, 0) is 24.3 Å². The molecule has 2 rings (SSSR count). The van der Waals surface area contributed by atoms with Crippen molar-refractivity contribution < 1.29 is 8.83 Å². The van der Waals surface area contributed by atoms with Crippen LogP contribution in [0.25, 0.3) is 0 Å². The summed E-state index contributed by atoms with van der Waals surface area (Å²) in [6.45, 7) is 1.46. The Hall–Kier alpha value is -1.19. The fourth-order valence-electron chi connectivity index (χ4n) is 1.14. The van der Waals surface area contributed by atoms with Crippen molar-refractivity contribution >= 4 is 12.4 Å². The summed E-state index contributed by atoms with van der Waals surface area (Å²) in [4.78, 5) is 0. The summed E-state index contributed by atoms with van der Waals surface area (Å²) in [5, 5.41) is 3.20. The van der Waals surface area contributed by atoms with Gasteiger partial charge in [0.2, 0.25) is 0 Å². The van der Waals surface area contributed by atoms with E-state index in [-0.39, 0.29) is 12.4 Å². The summed E-state index contributed by atoms with van der Waals surface area (Å²) in [5.74, 6) is 1.87. The van der Waals surface area contributed by atoms with Gasteiger partial charge in [0, 0.05) is 0 Å². The van der Waals surface area contributed by atoms with E-state index in [0.717, 1.165) is 24.6 Å². The Morgan fingerprint density at radius 3 is 1.79 bits per heavy atom. The monoisotopic (exact) mass is 213 g/mol. The van der Waals surface area contributed by atoms with Gasteiger partial charge in [-0.3, -0.25) is 0 Å². The number of hydrogen-bond donors (Lipinski definition) is 1. The lowest BCUT2D eigenvalue weighted by Crippen LogP contribution is -2.11. The summed E-state index contributed by atoms with van der Waals surface area (Å²) in [6, 6.07) is 7.64. The van der Waals surface area contributed by atoms with E-state index < -0.39 is 0 Å². The average Bonchev–Trinajstić information content (AvgIpc) is 2.75. The second-order valence-corrected chi connectivity index (χ2v) is 2.76. The van der Waals surface area contributed by atoms with E-state index in [1.54, 1.807) is 12.5 Å². The van der Waals surface area contributed by atoms with Gasteiger partial charge in [0.15, 0.2) is 0 Å². The summed E-state index contributed by atoms with van der Waals surface area (Å²) in [5.41, 5.74) is 0. The maximum atomic E-state index is 5.16. The molecule has 0 aliphatic heterocycles. The lowest BCUT2D eigenvalue weighted by atomic mass is 10.4. The standard InChI is InChI=1S/C10H11NO2.ClH/c1-3-9(12-5-1)7-11-8-10-4-2-6-13-10;/h1-6,11H,7-8H2;1H. The van der Waals surface area contributed by atoms with Gasteiger partial charge >= 0.3 is 0 Å². The van der Waals surface area contributed by atoms with Crippen LogP contribution in [0, 0.1) is 0 Å². The van der Waals surface area contributed by atoms with Gasteiger partial charge in [-0.1, -0.05) is 0 Å². The van der Waals surface area contributed by atoms with Crippen LogP contribution in [0.1, 0.15) is 11.5 Å². The first-order chi connectivity index (χ1) is 6.45. The number of halogens is 1. The van der Waals surface area contributed by atoms with Crippen LogP contribution in [0.3, 0.4) is 0 Å². The van der Waals surface area contributed by atoms with E-state index in [1.807, 2.05) is 24.3 Å². The molecule has 0 aliphatic carbocycles. The van der Waals surface area contributed by atoms with Crippen molar-refractivity contribution in [2.24, 2.45) is 0 Å². The van der Waals surface area contributed by atoms with Crippen LogP contribution < -0.4 is 5.32 Å². The Morgan fingerprint density at radius 2 is 1.43 bits per heavy atom. The van der Waals surface area contributed by atoms with Crippen molar-refractivity contribution in [2.45, 2.75) is 13.1 Å². The normalized spacial score (nSPS) is 9.71. The van der Waals surface area contributed by atoms with Crippen molar-refractivity contribution in [3.63, 3.8) is 0 Å². The van der Waals surface area contributed by atoms with Crippen LogP contribution in [-0.4, -0.2) is 0 Å². The highest BCUT2D eigenvalue weighted by Crippen LogP contribution is 2.01. The highest BCUT2D eigenvalue weighted by Gasteiger charge is 1.96. The third-order valence-corrected chi connectivity index (χ3v) is 1.76. The molecular weight excluding hydrogens is 202 g/mol. The molecule has 1 N–H and O–H groups in total. The molecule has 0 amide bonds. The molecular formula is C10H12ClNO2. The van der Waals surface area contributed by atoms with Gasteiger partial charge in [0.05, 0.1) is 25.6 Å². The second kappa shape index (κ2) is 5.52. The van der Waals surface area contributed by atoms with Crippen LogP contribution in [-0.2, 0) is 13.1 Å². The van der Waals surface area contributed by atoms with Crippen molar-refractivity contribution in [3.05, 3.63) is 48.3 Å². The Bertz CT molecular complexity index is 295. The molecule has 0 saturated heterocycles. The molecule has 76 valence electrons. The van der Waals surface area contributed by atoms with Gasteiger partial charge in [-0.15, -0.1) is 12.4 Å². The second-order valence-electron chi connectivity index (χ2n) is 2.76. The fraction of sp³-hybridized carbons (Fsp3) is 0.200. The Balaban J connectivity index is 0.000000980. The van der Waals surface area contributed by atoms with Crippen molar-refractivity contribution in [3.8, 4) is 0 Å². The first-order valence-corrected chi connectivity index (χ1v) is 4.20. The fourth-order valence-corrected chi connectivity index (χ4v) is 1.14. The average molecular weight is 214 g/mol. The predicted octanol–water partition coefficient (Wildman–Crippen LogP) is 2.58. The molecule has 2 heterocycles. The van der Waals surface area contributed by atoms with E-state index in [0.29, 0.717) is 0 Å². The minimum atomic E-state index is 0. The molecule has 0 bridgehead atoms. The van der Waals surface area contributed by atoms with Gasteiger partial charge in [-0.25, -0.2) is 0 Å². The van der Waals surface area contributed by atoms with E-state index >= 15 is 0 Å². The summed E-state index contributed by atoms with van der Waals surface area (Å²) >= 11 is 0. The van der Waals surface area contributed by atoms with Crippen molar-refractivity contribution in [2.75, 3.05) is 0 Å². The number of rotatable bonds is 4. The summed E-state index contributed by atoms with van der Waals surface area (Å²) in [7, 11) is 0. The zero-order chi connectivity index (χ0) is 8.93. The third-order valence-electron chi connectivity index (χ3n) is 1.76. The van der Waals surface area contributed by atoms with Gasteiger partial charge < -0.3 is 14.2 Å². The van der Waals surface area contributed by atoms with Crippen molar-refractivity contribution in [1.29, 1.82) is 0 Å². The number of furan rings is 2. The topological polar surface area (TPSA) is 38.3 Å². The van der Waals surface area contributed by atoms with Gasteiger partial charge in [-0.2, -0.15) is 0 Å². The minimum Gasteiger partial charge on any atom is -0.468 e. The summed E-state index contributed by atoms with van der Waals surface area (Å²) < 4.78 is 10.3. The van der Waals surface area contributed by atoms with E-state index in [9.17, 15) is 0 Å².